The highest BCUT2D eigenvalue weighted by molar-refractivity contribution is 6.01. The van der Waals surface area contributed by atoms with E-state index in [1.165, 1.54) is 12.1 Å². The minimum atomic E-state index is -4.54. The molecule has 0 unspecified atom stereocenters. The highest BCUT2D eigenvalue weighted by Crippen LogP contribution is 2.51. The van der Waals surface area contributed by atoms with Crippen molar-refractivity contribution in [2.45, 2.75) is 49.5 Å². The molecule has 2 amide bonds. The Bertz CT molecular complexity index is 1770. The fourth-order valence-electron chi connectivity index (χ4n) is 7.20. The number of unbranched alkanes of at least 4 members (excludes halogenated alkanes) is 1. The Kier molecular flexibility index (Phi) is 9.57. The van der Waals surface area contributed by atoms with E-state index >= 15 is 0 Å². The number of fused-ring (bicyclic) bond motifs is 3. The van der Waals surface area contributed by atoms with Crippen LogP contribution in [0.5, 0.6) is 0 Å². The Morgan fingerprint density at radius 2 is 1.35 bits per heavy atom. The summed E-state index contributed by atoms with van der Waals surface area (Å²) >= 11 is 0. The average molecular weight is 680 g/mol. The summed E-state index contributed by atoms with van der Waals surface area (Å²) in [6, 6.07) is 26.1. The largest absolute Gasteiger partial charge is 0.416 e. The Morgan fingerprint density at radius 1 is 0.755 bits per heavy atom. The first-order valence-corrected chi connectivity index (χ1v) is 16.2. The van der Waals surface area contributed by atoms with Crippen LogP contribution >= 0.6 is 0 Å². The lowest BCUT2D eigenvalue weighted by molar-refractivity contribution is -0.141. The lowest BCUT2D eigenvalue weighted by atomic mass is 9.73. The number of halogens is 6. The van der Waals surface area contributed by atoms with Crippen LogP contribution in [0.15, 0.2) is 97.1 Å². The number of carbonyl (C=O) groups is 2. The van der Waals surface area contributed by atoms with Crippen molar-refractivity contribution < 1.29 is 35.9 Å². The molecule has 1 fully saturated rings. The van der Waals surface area contributed by atoms with Gasteiger partial charge in [0, 0.05) is 24.7 Å². The number of likely N-dealkylation sites (tertiary alicyclic amines) is 1. The van der Waals surface area contributed by atoms with Crippen molar-refractivity contribution in [2.24, 2.45) is 0 Å². The van der Waals surface area contributed by atoms with Crippen LogP contribution in [0.1, 0.15) is 52.7 Å². The average Bonchev–Trinajstić information content (AvgIpc) is 3.65. The lowest BCUT2D eigenvalue weighted by Gasteiger charge is -2.31. The lowest BCUT2D eigenvalue weighted by Crippen LogP contribution is -2.47. The second-order valence-corrected chi connectivity index (χ2v) is 12.6. The molecule has 49 heavy (non-hydrogen) atoms. The van der Waals surface area contributed by atoms with E-state index in [4.69, 9.17) is 0 Å². The van der Waals surface area contributed by atoms with Gasteiger partial charge in [0.05, 0.1) is 5.56 Å². The van der Waals surface area contributed by atoms with Gasteiger partial charge in [-0.1, -0.05) is 85.3 Å². The summed E-state index contributed by atoms with van der Waals surface area (Å²) in [7, 11) is 0. The van der Waals surface area contributed by atoms with Crippen LogP contribution in [0.2, 0.25) is 0 Å². The van der Waals surface area contributed by atoms with E-state index in [0.717, 1.165) is 29.8 Å². The maximum atomic E-state index is 13.7. The number of hydrogen-bond donors (Lipinski definition) is 2. The molecule has 0 radical (unpaired) electrons. The minimum Gasteiger partial charge on any atom is -0.348 e. The third kappa shape index (κ3) is 7.22. The molecule has 2 aliphatic rings. The highest BCUT2D eigenvalue weighted by atomic mass is 19.4. The van der Waals surface area contributed by atoms with Gasteiger partial charge in [0.25, 0.3) is 5.91 Å². The topological polar surface area (TPSA) is 61.4 Å². The van der Waals surface area contributed by atoms with Gasteiger partial charge >= 0.3 is 12.4 Å². The molecule has 11 heteroatoms. The number of amides is 2. The predicted octanol–water partition coefficient (Wildman–Crippen LogP) is 7.99. The van der Waals surface area contributed by atoms with Crippen LogP contribution in [0, 0.1) is 0 Å². The van der Waals surface area contributed by atoms with E-state index in [1.807, 2.05) is 36.4 Å². The van der Waals surface area contributed by atoms with Crippen molar-refractivity contribution in [3.05, 3.63) is 119 Å². The first-order chi connectivity index (χ1) is 23.4. The third-order valence-electron chi connectivity index (χ3n) is 9.48. The number of alkyl halides is 6. The van der Waals surface area contributed by atoms with Crippen LogP contribution in [-0.2, 0) is 16.4 Å². The number of nitrogens with zero attached hydrogens (tertiary/aromatic N) is 1. The molecular weight excluding hydrogens is 644 g/mol. The molecule has 4 aromatic carbocycles. The summed E-state index contributed by atoms with van der Waals surface area (Å²) in [6.45, 7) is 0.594. The number of nitrogens with one attached hydrogen (secondary N) is 2. The molecule has 5 nitrogen and oxygen atoms in total. The molecule has 1 saturated heterocycles. The Balaban J connectivity index is 1.08. The van der Waals surface area contributed by atoms with E-state index in [2.05, 4.69) is 15.5 Å². The van der Waals surface area contributed by atoms with Gasteiger partial charge in [0.2, 0.25) is 5.91 Å². The van der Waals surface area contributed by atoms with Gasteiger partial charge in [-0.25, -0.2) is 0 Å². The summed E-state index contributed by atoms with van der Waals surface area (Å²) in [5, 5.41) is 5.24. The van der Waals surface area contributed by atoms with E-state index in [0.29, 0.717) is 66.6 Å². The Hall–Kier alpha value is -4.64. The van der Waals surface area contributed by atoms with Gasteiger partial charge in [0.15, 0.2) is 0 Å². The number of rotatable bonds is 10. The number of hydrogen-bond acceptors (Lipinski definition) is 3. The zero-order valence-corrected chi connectivity index (χ0v) is 26.5. The van der Waals surface area contributed by atoms with E-state index < -0.39 is 35.8 Å². The molecule has 0 bridgehead atoms. The van der Waals surface area contributed by atoms with Crippen LogP contribution in [-0.4, -0.2) is 55.1 Å². The fraction of sp³-hybridized carbons (Fsp3) is 0.316. The normalized spacial score (nSPS) is 17.0. The van der Waals surface area contributed by atoms with E-state index in [1.54, 1.807) is 36.4 Å². The first kappa shape index (κ1) is 34.2. The van der Waals surface area contributed by atoms with Crippen molar-refractivity contribution in [1.29, 1.82) is 0 Å². The second kappa shape index (κ2) is 13.7. The molecule has 0 saturated carbocycles. The fourth-order valence-corrected chi connectivity index (χ4v) is 7.20. The van der Waals surface area contributed by atoms with Crippen molar-refractivity contribution in [3.63, 3.8) is 0 Å². The monoisotopic (exact) mass is 679 g/mol. The molecule has 0 spiro atoms. The SMILES string of the molecule is O=C(N[C@@H]1CCN(CCCCC2(C(=O)NCC(F)(F)F)c3ccccc3-c3ccccc32)C1)c1ccccc1-c1ccc(C(F)(F)F)cc1. The van der Waals surface area contributed by atoms with E-state index in [-0.39, 0.29) is 11.9 Å². The molecule has 0 aromatic heterocycles. The Labute approximate surface area is 280 Å². The first-order valence-electron chi connectivity index (χ1n) is 16.2. The molecule has 256 valence electrons. The van der Waals surface area contributed by atoms with Crippen molar-refractivity contribution in [1.82, 2.24) is 15.5 Å². The van der Waals surface area contributed by atoms with Crippen molar-refractivity contribution >= 4 is 11.8 Å². The smallest absolute Gasteiger partial charge is 0.348 e. The maximum Gasteiger partial charge on any atom is 0.416 e. The van der Waals surface area contributed by atoms with Crippen LogP contribution < -0.4 is 10.6 Å². The zero-order chi connectivity index (χ0) is 34.8. The summed E-state index contributed by atoms with van der Waals surface area (Å²) in [5.41, 5.74) is 2.50. The van der Waals surface area contributed by atoms with Gasteiger partial charge in [-0.2, -0.15) is 26.3 Å². The highest BCUT2D eigenvalue weighted by Gasteiger charge is 2.49. The number of benzene rings is 4. The molecule has 6 rings (SSSR count). The molecule has 1 atom stereocenters. The molecule has 2 N–H and O–H groups in total. The van der Waals surface area contributed by atoms with Gasteiger partial charge < -0.3 is 15.5 Å². The maximum absolute atomic E-state index is 13.7. The van der Waals surface area contributed by atoms with Gasteiger partial charge in [-0.05, 0) is 77.4 Å². The third-order valence-corrected chi connectivity index (χ3v) is 9.48. The Morgan fingerprint density at radius 3 is 1.96 bits per heavy atom. The molecule has 4 aromatic rings. The molecule has 1 aliphatic carbocycles. The summed E-state index contributed by atoms with van der Waals surface area (Å²) in [4.78, 5) is 29.3. The second-order valence-electron chi connectivity index (χ2n) is 12.6. The summed E-state index contributed by atoms with van der Waals surface area (Å²) in [6.07, 6.45) is -6.69. The molecular formula is C38H35F6N3O2. The minimum absolute atomic E-state index is 0.138. The van der Waals surface area contributed by atoms with Crippen molar-refractivity contribution in [3.8, 4) is 22.3 Å². The van der Waals surface area contributed by atoms with Crippen LogP contribution in [0.3, 0.4) is 0 Å². The summed E-state index contributed by atoms with van der Waals surface area (Å²) in [5.74, 6) is -0.976. The van der Waals surface area contributed by atoms with Gasteiger partial charge in [-0.15, -0.1) is 0 Å². The van der Waals surface area contributed by atoms with Crippen LogP contribution in [0.25, 0.3) is 22.3 Å². The zero-order valence-electron chi connectivity index (χ0n) is 26.5. The predicted molar refractivity (Wildman–Crippen MR) is 175 cm³/mol. The molecule has 1 aliphatic heterocycles. The van der Waals surface area contributed by atoms with Crippen LogP contribution in [0.4, 0.5) is 26.3 Å². The quantitative estimate of drug-likeness (QED) is 0.132. The summed E-state index contributed by atoms with van der Waals surface area (Å²) < 4.78 is 78.7. The standard InChI is InChI=1S/C38H35F6N3O2/c39-37(40,41)24-45-35(49)36(32-13-5-3-10-29(32)30-11-4-6-14-33(30)36)20-7-8-21-47-22-19-27(23-47)46-34(48)31-12-2-1-9-28(31)25-15-17-26(18-16-25)38(42,43)44/h1-6,9-18,27H,7-8,19-24H2,(H,45,49)(H,46,48)/t27-/m1/s1. The van der Waals surface area contributed by atoms with Gasteiger partial charge in [0.1, 0.15) is 12.0 Å². The number of carbonyl (C=O) groups excluding carboxylic acids is 2. The van der Waals surface area contributed by atoms with E-state index in [9.17, 15) is 35.9 Å². The van der Waals surface area contributed by atoms with Gasteiger partial charge in [-0.3, -0.25) is 9.59 Å². The molecule has 1 heterocycles. The van der Waals surface area contributed by atoms with Crippen molar-refractivity contribution in [2.75, 3.05) is 26.2 Å².